The highest BCUT2D eigenvalue weighted by Crippen LogP contribution is 2.27. The summed E-state index contributed by atoms with van der Waals surface area (Å²) in [5, 5.41) is 1.94. The second-order valence-corrected chi connectivity index (χ2v) is 7.99. The number of rotatable bonds is 4. The number of hydrogen-bond acceptors (Lipinski definition) is 3. The van der Waals surface area contributed by atoms with Gasteiger partial charge in [0, 0.05) is 32.6 Å². The molecule has 5 heteroatoms. The van der Waals surface area contributed by atoms with Crippen LogP contribution in [0.2, 0.25) is 0 Å². The molecule has 24 heavy (non-hydrogen) atoms. The van der Waals surface area contributed by atoms with Gasteiger partial charge in [-0.1, -0.05) is 38.2 Å². The molecule has 1 saturated heterocycles. The maximum Gasteiger partial charge on any atom is 0.263 e. The first-order chi connectivity index (χ1) is 11.7. The van der Waals surface area contributed by atoms with Gasteiger partial charge in [-0.15, -0.1) is 11.3 Å². The fraction of sp³-hybridized carbons (Fsp3) is 0.684. The highest BCUT2D eigenvalue weighted by atomic mass is 32.1. The smallest absolute Gasteiger partial charge is 0.263 e. The Labute approximate surface area is 148 Å². The number of hydrogen-bond donors (Lipinski definition) is 0. The van der Waals surface area contributed by atoms with Crippen LogP contribution in [0.25, 0.3) is 0 Å². The summed E-state index contributed by atoms with van der Waals surface area (Å²) < 4.78 is 0. The summed E-state index contributed by atoms with van der Waals surface area (Å²) >= 11 is 1.49. The standard InChI is InChI=1S/C19H28N2O2S/c22-18(10-9-16-6-2-1-3-7-16)20-11-5-12-21(14-13-20)19(23)17-8-4-15-24-17/h4,8,15-16H,1-3,5-7,9-14H2. The number of thiophene rings is 1. The molecule has 0 radical (unpaired) electrons. The topological polar surface area (TPSA) is 40.6 Å². The Hall–Kier alpha value is -1.36. The van der Waals surface area contributed by atoms with Gasteiger partial charge < -0.3 is 9.80 Å². The van der Waals surface area contributed by atoms with E-state index < -0.39 is 0 Å². The molecule has 4 nitrogen and oxygen atoms in total. The first kappa shape index (κ1) is 17.5. The predicted octanol–water partition coefficient (Wildman–Crippen LogP) is 3.78. The molecular weight excluding hydrogens is 320 g/mol. The van der Waals surface area contributed by atoms with Gasteiger partial charge >= 0.3 is 0 Å². The lowest BCUT2D eigenvalue weighted by molar-refractivity contribution is -0.131. The van der Waals surface area contributed by atoms with Gasteiger partial charge in [0.1, 0.15) is 0 Å². The zero-order valence-electron chi connectivity index (χ0n) is 14.4. The molecule has 0 unspecified atom stereocenters. The highest BCUT2D eigenvalue weighted by molar-refractivity contribution is 7.12. The van der Waals surface area contributed by atoms with Gasteiger partial charge in [-0.2, -0.15) is 0 Å². The van der Waals surface area contributed by atoms with Crippen LogP contribution < -0.4 is 0 Å². The quantitative estimate of drug-likeness (QED) is 0.831. The Kier molecular flexibility index (Phi) is 6.30. The molecule has 1 aliphatic heterocycles. The van der Waals surface area contributed by atoms with E-state index in [1.165, 1.54) is 43.4 Å². The molecule has 2 amide bonds. The van der Waals surface area contributed by atoms with Crippen molar-refractivity contribution in [1.82, 2.24) is 9.80 Å². The summed E-state index contributed by atoms with van der Waals surface area (Å²) in [5.74, 6) is 1.15. The Morgan fingerprint density at radius 2 is 1.75 bits per heavy atom. The predicted molar refractivity (Wildman–Crippen MR) is 97.2 cm³/mol. The minimum atomic E-state index is 0.113. The van der Waals surface area contributed by atoms with Gasteiger partial charge in [0.2, 0.25) is 5.91 Å². The third-order valence-electron chi connectivity index (χ3n) is 5.36. The van der Waals surface area contributed by atoms with Gasteiger partial charge in [-0.3, -0.25) is 9.59 Å². The third-order valence-corrected chi connectivity index (χ3v) is 6.22. The molecule has 1 aromatic rings. The summed E-state index contributed by atoms with van der Waals surface area (Å²) in [6.07, 6.45) is 9.26. The Balaban J connectivity index is 1.46. The van der Waals surface area contributed by atoms with Crippen LogP contribution in [0.4, 0.5) is 0 Å². The first-order valence-corrected chi connectivity index (χ1v) is 10.2. The van der Waals surface area contributed by atoms with Crippen molar-refractivity contribution < 1.29 is 9.59 Å². The molecule has 2 aliphatic rings. The lowest BCUT2D eigenvalue weighted by Crippen LogP contribution is -2.37. The van der Waals surface area contributed by atoms with Crippen molar-refractivity contribution >= 4 is 23.2 Å². The maximum atomic E-state index is 12.5. The minimum absolute atomic E-state index is 0.113. The normalized spacial score (nSPS) is 20.0. The third kappa shape index (κ3) is 4.59. The Morgan fingerprint density at radius 1 is 1.00 bits per heavy atom. The van der Waals surface area contributed by atoms with Crippen LogP contribution in [0.15, 0.2) is 17.5 Å². The van der Waals surface area contributed by atoms with Crippen molar-refractivity contribution in [3.05, 3.63) is 22.4 Å². The fourth-order valence-corrected chi connectivity index (χ4v) is 4.58. The molecule has 0 atom stereocenters. The van der Waals surface area contributed by atoms with Gasteiger partial charge in [0.25, 0.3) is 5.91 Å². The van der Waals surface area contributed by atoms with E-state index >= 15 is 0 Å². The molecule has 0 N–H and O–H groups in total. The van der Waals surface area contributed by atoms with Crippen LogP contribution in [0.1, 0.15) is 61.0 Å². The van der Waals surface area contributed by atoms with Crippen molar-refractivity contribution in [2.75, 3.05) is 26.2 Å². The summed E-state index contributed by atoms with van der Waals surface area (Å²) in [6.45, 7) is 2.88. The second-order valence-electron chi connectivity index (χ2n) is 7.05. The van der Waals surface area contributed by atoms with Crippen LogP contribution in [0.5, 0.6) is 0 Å². The number of carbonyl (C=O) groups is 2. The lowest BCUT2D eigenvalue weighted by Gasteiger charge is -2.24. The second kappa shape index (κ2) is 8.65. The zero-order chi connectivity index (χ0) is 16.8. The van der Waals surface area contributed by atoms with E-state index in [-0.39, 0.29) is 11.8 Å². The average Bonchev–Trinajstić information content (AvgIpc) is 3.04. The Morgan fingerprint density at radius 3 is 2.50 bits per heavy atom. The maximum absolute atomic E-state index is 12.5. The van der Waals surface area contributed by atoms with Crippen LogP contribution in [0.3, 0.4) is 0 Å². The molecule has 3 rings (SSSR count). The fourth-order valence-electron chi connectivity index (χ4n) is 3.89. The van der Waals surface area contributed by atoms with Gasteiger partial charge in [-0.05, 0) is 30.2 Å². The van der Waals surface area contributed by atoms with Crippen molar-refractivity contribution in [2.24, 2.45) is 5.92 Å². The lowest BCUT2D eigenvalue weighted by atomic mass is 9.86. The SMILES string of the molecule is O=C(CCC1CCCCC1)N1CCCN(C(=O)c2cccs2)CC1. The van der Waals surface area contributed by atoms with E-state index in [2.05, 4.69) is 0 Å². The summed E-state index contributed by atoms with van der Waals surface area (Å²) in [6, 6.07) is 3.79. The molecule has 0 aromatic carbocycles. The van der Waals surface area contributed by atoms with Gasteiger partial charge in [-0.25, -0.2) is 0 Å². The van der Waals surface area contributed by atoms with Crippen molar-refractivity contribution in [3.8, 4) is 0 Å². The molecule has 0 spiro atoms. The van der Waals surface area contributed by atoms with E-state index in [1.807, 2.05) is 27.3 Å². The van der Waals surface area contributed by atoms with Crippen molar-refractivity contribution in [2.45, 2.75) is 51.4 Å². The molecule has 132 valence electrons. The van der Waals surface area contributed by atoms with Crippen LogP contribution in [-0.4, -0.2) is 47.8 Å². The zero-order valence-corrected chi connectivity index (χ0v) is 15.2. The van der Waals surface area contributed by atoms with Crippen LogP contribution in [0, 0.1) is 5.92 Å². The average molecular weight is 349 g/mol. The van der Waals surface area contributed by atoms with Crippen LogP contribution in [-0.2, 0) is 4.79 Å². The van der Waals surface area contributed by atoms with E-state index in [1.54, 1.807) is 0 Å². The number of amides is 2. The summed E-state index contributed by atoms with van der Waals surface area (Å²) in [7, 11) is 0. The highest BCUT2D eigenvalue weighted by Gasteiger charge is 2.24. The van der Waals surface area contributed by atoms with Crippen molar-refractivity contribution in [3.63, 3.8) is 0 Å². The molecule has 2 heterocycles. The van der Waals surface area contributed by atoms with Gasteiger partial charge in [0.05, 0.1) is 4.88 Å². The monoisotopic (exact) mass is 348 g/mol. The van der Waals surface area contributed by atoms with E-state index in [0.29, 0.717) is 19.5 Å². The molecule has 1 aliphatic carbocycles. The largest absolute Gasteiger partial charge is 0.341 e. The van der Waals surface area contributed by atoms with Crippen molar-refractivity contribution in [1.29, 1.82) is 0 Å². The molecule has 1 saturated carbocycles. The van der Waals surface area contributed by atoms with E-state index in [0.717, 1.165) is 36.7 Å². The summed E-state index contributed by atoms with van der Waals surface area (Å²) in [4.78, 5) is 29.7. The minimum Gasteiger partial charge on any atom is -0.341 e. The van der Waals surface area contributed by atoms with Crippen LogP contribution >= 0.6 is 11.3 Å². The molecule has 2 fully saturated rings. The molecule has 0 bridgehead atoms. The number of carbonyl (C=O) groups excluding carboxylic acids is 2. The molecular formula is C19H28N2O2S. The van der Waals surface area contributed by atoms with E-state index in [9.17, 15) is 9.59 Å². The first-order valence-electron chi connectivity index (χ1n) is 9.34. The number of nitrogens with zero attached hydrogens (tertiary/aromatic N) is 2. The van der Waals surface area contributed by atoms with Gasteiger partial charge in [0.15, 0.2) is 0 Å². The molecule has 1 aromatic heterocycles. The Bertz CT molecular complexity index is 538. The van der Waals surface area contributed by atoms with E-state index in [4.69, 9.17) is 0 Å². The summed E-state index contributed by atoms with van der Waals surface area (Å²) in [5.41, 5.74) is 0.